The molecule has 1 saturated heterocycles. The molecule has 1 aliphatic heterocycles. The van der Waals surface area contributed by atoms with E-state index in [0.717, 1.165) is 17.0 Å². The van der Waals surface area contributed by atoms with Gasteiger partial charge in [0.2, 0.25) is 0 Å². The summed E-state index contributed by atoms with van der Waals surface area (Å²) in [4.78, 5) is 10.2. The van der Waals surface area contributed by atoms with Crippen LogP contribution in [0.1, 0.15) is 30.6 Å². The molecule has 2 atom stereocenters. The standard InChI is InChI=1S/C16H17ClN2O/c1-16(13-4-3-9-18-11-13)10-15(20-19(16)2)12-5-7-14(17)8-6-12/h3-9,11,15H,10H2,1-2H3/t15-,16+/m1/s1. The van der Waals surface area contributed by atoms with Gasteiger partial charge in [0.1, 0.15) is 6.10 Å². The molecule has 2 heterocycles. The largest absolute Gasteiger partial charge is 0.290 e. The predicted octanol–water partition coefficient (Wildman–Crippen LogP) is 3.96. The van der Waals surface area contributed by atoms with Gasteiger partial charge in [0.05, 0.1) is 5.54 Å². The van der Waals surface area contributed by atoms with E-state index in [1.165, 1.54) is 5.56 Å². The van der Waals surface area contributed by atoms with Gasteiger partial charge in [-0.25, -0.2) is 0 Å². The van der Waals surface area contributed by atoms with E-state index in [9.17, 15) is 0 Å². The second kappa shape index (κ2) is 5.17. The van der Waals surface area contributed by atoms with E-state index >= 15 is 0 Å². The molecule has 1 aromatic heterocycles. The number of benzene rings is 1. The van der Waals surface area contributed by atoms with Crippen LogP contribution in [-0.2, 0) is 10.4 Å². The topological polar surface area (TPSA) is 25.4 Å². The maximum Gasteiger partial charge on any atom is 0.106 e. The van der Waals surface area contributed by atoms with Crippen LogP contribution in [0.4, 0.5) is 0 Å². The molecular weight excluding hydrogens is 272 g/mol. The Morgan fingerprint density at radius 3 is 2.70 bits per heavy atom. The second-order valence-electron chi connectivity index (χ2n) is 5.36. The highest BCUT2D eigenvalue weighted by atomic mass is 35.5. The average Bonchev–Trinajstić information content (AvgIpc) is 2.78. The molecule has 0 aliphatic carbocycles. The fourth-order valence-electron chi connectivity index (χ4n) is 2.67. The van der Waals surface area contributed by atoms with Crippen LogP contribution in [0.3, 0.4) is 0 Å². The monoisotopic (exact) mass is 288 g/mol. The highest BCUT2D eigenvalue weighted by Crippen LogP contribution is 2.45. The molecule has 0 bridgehead atoms. The number of pyridine rings is 1. The fourth-order valence-corrected chi connectivity index (χ4v) is 2.80. The zero-order chi connectivity index (χ0) is 14.2. The number of hydrogen-bond donors (Lipinski definition) is 0. The minimum Gasteiger partial charge on any atom is -0.290 e. The molecule has 3 nitrogen and oxygen atoms in total. The van der Waals surface area contributed by atoms with Crippen LogP contribution < -0.4 is 0 Å². The maximum atomic E-state index is 6.02. The minimum absolute atomic E-state index is 0.0440. The van der Waals surface area contributed by atoms with Gasteiger partial charge >= 0.3 is 0 Å². The Labute approximate surface area is 124 Å². The molecule has 0 saturated carbocycles. The Kier molecular flexibility index (Phi) is 3.50. The summed E-state index contributed by atoms with van der Waals surface area (Å²) in [5.41, 5.74) is 2.14. The van der Waals surface area contributed by atoms with Gasteiger partial charge in [-0.3, -0.25) is 9.82 Å². The molecule has 4 heteroatoms. The van der Waals surface area contributed by atoms with Crippen molar-refractivity contribution < 1.29 is 4.84 Å². The lowest BCUT2D eigenvalue weighted by molar-refractivity contribution is -0.169. The molecule has 1 aromatic carbocycles. The average molecular weight is 289 g/mol. The maximum absolute atomic E-state index is 6.02. The first-order valence-corrected chi connectivity index (χ1v) is 7.04. The summed E-state index contributed by atoms with van der Waals surface area (Å²) in [5.74, 6) is 0. The van der Waals surface area contributed by atoms with Crippen molar-refractivity contribution in [2.45, 2.75) is 25.0 Å². The zero-order valence-electron chi connectivity index (χ0n) is 11.6. The lowest BCUT2D eigenvalue weighted by Crippen LogP contribution is -2.34. The van der Waals surface area contributed by atoms with E-state index < -0.39 is 0 Å². The number of halogens is 1. The first-order chi connectivity index (χ1) is 9.59. The second-order valence-corrected chi connectivity index (χ2v) is 5.80. The van der Waals surface area contributed by atoms with Crippen molar-refractivity contribution in [3.8, 4) is 0 Å². The third kappa shape index (κ3) is 2.33. The van der Waals surface area contributed by atoms with Crippen molar-refractivity contribution in [3.05, 3.63) is 64.9 Å². The zero-order valence-corrected chi connectivity index (χ0v) is 12.3. The number of hydroxylamine groups is 2. The van der Waals surface area contributed by atoms with E-state index in [0.29, 0.717) is 0 Å². The molecule has 104 valence electrons. The third-order valence-corrected chi connectivity index (χ3v) is 4.34. The smallest absolute Gasteiger partial charge is 0.106 e. The summed E-state index contributed by atoms with van der Waals surface area (Å²) in [5, 5.41) is 2.68. The van der Waals surface area contributed by atoms with Gasteiger partial charge in [-0.05, 0) is 36.2 Å². The molecule has 1 aliphatic rings. The lowest BCUT2D eigenvalue weighted by Gasteiger charge is -2.29. The van der Waals surface area contributed by atoms with Crippen molar-refractivity contribution >= 4 is 11.6 Å². The Morgan fingerprint density at radius 1 is 1.30 bits per heavy atom. The first kappa shape index (κ1) is 13.6. The van der Waals surface area contributed by atoms with Gasteiger partial charge in [-0.2, -0.15) is 5.06 Å². The van der Waals surface area contributed by atoms with E-state index in [-0.39, 0.29) is 11.6 Å². The van der Waals surface area contributed by atoms with Crippen molar-refractivity contribution in [2.24, 2.45) is 0 Å². The Balaban J connectivity index is 1.88. The van der Waals surface area contributed by atoms with Crippen molar-refractivity contribution in [1.82, 2.24) is 10.0 Å². The van der Waals surface area contributed by atoms with Crippen molar-refractivity contribution in [2.75, 3.05) is 7.05 Å². The first-order valence-electron chi connectivity index (χ1n) is 6.66. The van der Waals surface area contributed by atoms with Crippen molar-refractivity contribution in [1.29, 1.82) is 0 Å². The summed E-state index contributed by atoms with van der Waals surface area (Å²) in [6.07, 6.45) is 4.63. The molecule has 0 unspecified atom stereocenters. The Hall–Kier alpha value is -1.42. The Bertz CT molecular complexity index is 587. The summed E-state index contributed by atoms with van der Waals surface area (Å²) in [6, 6.07) is 11.9. The lowest BCUT2D eigenvalue weighted by atomic mass is 9.87. The number of aromatic nitrogens is 1. The molecule has 2 aromatic rings. The molecule has 3 rings (SSSR count). The molecule has 0 amide bonds. The van der Waals surface area contributed by atoms with Crippen LogP contribution in [0, 0.1) is 0 Å². The van der Waals surface area contributed by atoms with Crippen LogP contribution in [0.5, 0.6) is 0 Å². The highest BCUT2D eigenvalue weighted by molar-refractivity contribution is 6.30. The van der Waals surface area contributed by atoms with Crippen LogP contribution in [0.15, 0.2) is 48.8 Å². The molecule has 20 heavy (non-hydrogen) atoms. The third-order valence-electron chi connectivity index (χ3n) is 4.09. The minimum atomic E-state index is -0.168. The van der Waals surface area contributed by atoms with E-state index in [1.54, 1.807) is 6.20 Å². The van der Waals surface area contributed by atoms with Gasteiger partial charge in [-0.1, -0.05) is 29.8 Å². The summed E-state index contributed by atoms with van der Waals surface area (Å²) >= 11 is 5.94. The van der Waals surface area contributed by atoms with Crippen LogP contribution in [0.25, 0.3) is 0 Å². The SMILES string of the molecule is CN1O[C@@H](c2ccc(Cl)cc2)C[C@@]1(C)c1cccnc1. The van der Waals surface area contributed by atoms with Gasteiger partial charge in [0.25, 0.3) is 0 Å². The van der Waals surface area contributed by atoms with E-state index in [1.807, 2.05) is 48.6 Å². The molecule has 0 N–H and O–H groups in total. The van der Waals surface area contributed by atoms with Gasteiger partial charge in [-0.15, -0.1) is 0 Å². The van der Waals surface area contributed by atoms with E-state index in [2.05, 4.69) is 18.0 Å². The normalized spacial score (nSPS) is 26.9. The summed E-state index contributed by atoms with van der Waals surface area (Å²) in [7, 11) is 1.98. The molecular formula is C16H17ClN2O. The van der Waals surface area contributed by atoms with Gasteiger partial charge < -0.3 is 0 Å². The van der Waals surface area contributed by atoms with E-state index in [4.69, 9.17) is 16.4 Å². The summed E-state index contributed by atoms with van der Waals surface area (Å²) < 4.78 is 0. The van der Waals surface area contributed by atoms with Crippen LogP contribution >= 0.6 is 11.6 Å². The molecule has 0 radical (unpaired) electrons. The molecule has 1 fully saturated rings. The Morgan fingerprint density at radius 2 is 2.05 bits per heavy atom. The quantitative estimate of drug-likeness (QED) is 0.836. The number of hydrogen-bond acceptors (Lipinski definition) is 3. The number of rotatable bonds is 2. The van der Waals surface area contributed by atoms with Crippen molar-refractivity contribution in [3.63, 3.8) is 0 Å². The highest BCUT2D eigenvalue weighted by Gasteiger charge is 2.43. The number of nitrogens with zero attached hydrogens (tertiary/aromatic N) is 2. The fraction of sp³-hybridized carbons (Fsp3) is 0.312. The summed E-state index contributed by atoms with van der Waals surface area (Å²) in [6.45, 7) is 2.18. The van der Waals surface area contributed by atoms with Crippen LogP contribution in [0.2, 0.25) is 5.02 Å². The van der Waals surface area contributed by atoms with Gasteiger partial charge in [0, 0.05) is 30.9 Å². The predicted molar refractivity (Wildman–Crippen MR) is 79.2 cm³/mol. The molecule has 0 spiro atoms. The van der Waals surface area contributed by atoms with Gasteiger partial charge in [0.15, 0.2) is 0 Å². The van der Waals surface area contributed by atoms with Crippen LogP contribution in [-0.4, -0.2) is 17.1 Å².